The molecule has 2 amide bonds. The molecule has 2 rings (SSSR count). The summed E-state index contributed by atoms with van der Waals surface area (Å²) in [4.78, 5) is 18.0. The highest BCUT2D eigenvalue weighted by Crippen LogP contribution is 2.06. The monoisotopic (exact) mass is 202 g/mol. The average molecular weight is 202 g/mol. The summed E-state index contributed by atoms with van der Waals surface area (Å²) in [6, 6.07) is 8.92. The molecule has 0 fully saturated rings. The molecule has 0 aliphatic rings. The number of hydrogen-bond donors (Lipinski definition) is 3. The van der Waals surface area contributed by atoms with Crippen molar-refractivity contribution in [1.82, 2.24) is 9.97 Å². The summed E-state index contributed by atoms with van der Waals surface area (Å²) in [5, 5.41) is 5.28. The first-order chi connectivity index (χ1) is 7.34. The summed E-state index contributed by atoms with van der Waals surface area (Å²) < 4.78 is 0. The first kappa shape index (κ1) is 9.26. The second-order valence-electron chi connectivity index (χ2n) is 2.91. The van der Waals surface area contributed by atoms with Gasteiger partial charge in [0.1, 0.15) is 5.82 Å². The van der Waals surface area contributed by atoms with Crippen LogP contribution < -0.4 is 10.6 Å². The summed E-state index contributed by atoms with van der Waals surface area (Å²) >= 11 is 0. The van der Waals surface area contributed by atoms with Crippen LogP contribution in [-0.4, -0.2) is 16.0 Å². The van der Waals surface area contributed by atoms with Crippen molar-refractivity contribution < 1.29 is 4.79 Å². The standard InChI is InChI=1S/C10H10N4O/c15-10(14-9-6-11-7-12-9)13-8-4-2-1-3-5-8/h1-7H,(H,11,12)(H2,13,14,15). The maximum atomic E-state index is 11.4. The van der Waals surface area contributed by atoms with Crippen LogP contribution in [0.15, 0.2) is 42.9 Å². The second-order valence-corrected chi connectivity index (χ2v) is 2.91. The highest BCUT2D eigenvalue weighted by Gasteiger charge is 2.01. The lowest BCUT2D eigenvalue weighted by molar-refractivity contribution is 0.262. The minimum atomic E-state index is -0.301. The van der Waals surface area contributed by atoms with Crippen LogP contribution in [0.5, 0.6) is 0 Å². The number of nitrogens with one attached hydrogen (secondary N) is 3. The van der Waals surface area contributed by atoms with Gasteiger partial charge in [-0.25, -0.2) is 9.78 Å². The number of carbonyl (C=O) groups excluding carboxylic acids is 1. The van der Waals surface area contributed by atoms with E-state index in [1.54, 1.807) is 0 Å². The van der Waals surface area contributed by atoms with Gasteiger partial charge in [0.2, 0.25) is 0 Å². The van der Waals surface area contributed by atoms with Gasteiger partial charge in [-0.05, 0) is 12.1 Å². The van der Waals surface area contributed by atoms with Crippen molar-refractivity contribution in [3.8, 4) is 0 Å². The largest absolute Gasteiger partial charge is 0.331 e. The molecule has 1 aromatic heterocycles. The van der Waals surface area contributed by atoms with Crippen molar-refractivity contribution in [1.29, 1.82) is 0 Å². The minimum Gasteiger partial charge on any atom is -0.331 e. The van der Waals surface area contributed by atoms with Gasteiger partial charge in [-0.3, -0.25) is 5.32 Å². The molecule has 3 N–H and O–H groups in total. The number of benzene rings is 1. The minimum absolute atomic E-state index is 0.301. The van der Waals surface area contributed by atoms with E-state index in [1.807, 2.05) is 30.3 Å². The smallest absolute Gasteiger partial charge is 0.324 e. The average Bonchev–Trinajstić information content (AvgIpc) is 2.71. The van der Waals surface area contributed by atoms with Crippen molar-refractivity contribution in [3.05, 3.63) is 42.9 Å². The number of nitrogens with zero attached hydrogens (tertiary/aromatic N) is 1. The summed E-state index contributed by atoms with van der Waals surface area (Å²) in [5.41, 5.74) is 0.745. The molecule has 76 valence electrons. The Labute approximate surface area is 86.5 Å². The number of aromatic nitrogens is 2. The number of anilines is 2. The first-order valence-corrected chi connectivity index (χ1v) is 4.46. The number of hydrogen-bond acceptors (Lipinski definition) is 2. The van der Waals surface area contributed by atoms with Crippen LogP contribution >= 0.6 is 0 Å². The SMILES string of the molecule is O=C(Nc1ccccc1)Nc1cnc[nH]1. The van der Waals surface area contributed by atoms with E-state index < -0.39 is 0 Å². The van der Waals surface area contributed by atoms with Gasteiger partial charge in [-0.2, -0.15) is 0 Å². The topological polar surface area (TPSA) is 69.8 Å². The number of urea groups is 1. The van der Waals surface area contributed by atoms with E-state index in [1.165, 1.54) is 12.5 Å². The molecule has 0 spiro atoms. The van der Waals surface area contributed by atoms with Gasteiger partial charge in [0.15, 0.2) is 0 Å². The number of H-pyrrole nitrogens is 1. The second kappa shape index (κ2) is 4.28. The Balaban J connectivity index is 1.94. The fourth-order valence-corrected chi connectivity index (χ4v) is 1.13. The molecule has 2 aromatic rings. The lowest BCUT2D eigenvalue weighted by atomic mass is 10.3. The van der Waals surface area contributed by atoms with E-state index in [9.17, 15) is 4.79 Å². The van der Waals surface area contributed by atoms with Gasteiger partial charge in [0, 0.05) is 5.69 Å². The van der Waals surface area contributed by atoms with Gasteiger partial charge < -0.3 is 10.3 Å². The molecule has 0 aliphatic heterocycles. The molecule has 15 heavy (non-hydrogen) atoms. The molecule has 0 radical (unpaired) electrons. The number of rotatable bonds is 2. The molecule has 5 heteroatoms. The van der Waals surface area contributed by atoms with Crippen LogP contribution in [-0.2, 0) is 0 Å². The summed E-state index contributed by atoms with van der Waals surface area (Å²) in [7, 11) is 0. The molecule has 0 atom stereocenters. The summed E-state index contributed by atoms with van der Waals surface area (Å²) in [6.45, 7) is 0. The maximum Gasteiger partial charge on any atom is 0.324 e. The molecule has 0 saturated carbocycles. The zero-order valence-corrected chi connectivity index (χ0v) is 7.90. The van der Waals surface area contributed by atoms with Gasteiger partial charge in [-0.1, -0.05) is 18.2 Å². The fraction of sp³-hybridized carbons (Fsp3) is 0. The van der Waals surface area contributed by atoms with Crippen molar-refractivity contribution in [2.75, 3.05) is 10.6 Å². The first-order valence-electron chi connectivity index (χ1n) is 4.46. The fourth-order valence-electron chi connectivity index (χ4n) is 1.13. The van der Waals surface area contributed by atoms with E-state index in [2.05, 4.69) is 20.6 Å². The van der Waals surface area contributed by atoms with Crippen molar-refractivity contribution >= 4 is 17.5 Å². The van der Waals surface area contributed by atoms with E-state index in [4.69, 9.17) is 0 Å². The predicted molar refractivity (Wildman–Crippen MR) is 57.7 cm³/mol. The number of aromatic amines is 1. The Morgan fingerprint density at radius 2 is 2.00 bits per heavy atom. The van der Waals surface area contributed by atoms with Crippen LogP contribution in [0.4, 0.5) is 16.3 Å². The lowest BCUT2D eigenvalue weighted by Crippen LogP contribution is -2.19. The van der Waals surface area contributed by atoms with E-state index in [-0.39, 0.29) is 6.03 Å². The third-order valence-corrected chi connectivity index (χ3v) is 1.78. The molecule has 0 saturated heterocycles. The lowest BCUT2D eigenvalue weighted by Gasteiger charge is -2.04. The van der Waals surface area contributed by atoms with Crippen molar-refractivity contribution in [3.63, 3.8) is 0 Å². The molecule has 5 nitrogen and oxygen atoms in total. The number of para-hydroxylation sites is 1. The van der Waals surface area contributed by atoms with E-state index in [0.717, 1.165) is 5.69 Å². The molecule has 1 aromatic carbocycles. The molecule has 0 bridgehead atoms. The van der Waals surface area contributed by atoms with Crippen LogP contribution in [0.2, 0.25) is 0 Å². The van der Waals surface area contributed by atoms with Gasteiger partial charge >= 0.3 is 6.03 Å². The van der Waals surface area contributed by atoms with Gasteiger partial charge in [-0.15, -0.1) is 0 Å². The van der Waals surface area contributed by atoms with Gasteiger partial charge in [0.25, 0.3) is 0 Å². The maximum absolute atomic E-state index is 11.4. The third-order valence-electron chi connectivity index (χ3n) is 1.78. The van der Waals surface area contributed by atoms with Crippen LogP contribution in [0.1, 0.15) is 0 Å². The van der Waals surface area contributed by atoms with Crippen LogP contribution in [0, 0.1) is 0 Å². The molecular formula is C10H10N4O. The zero-order chi connectivity index (χ0) is 10.5. The summed E-state index contributed by atoms with van der Waals surface area (Å²) in [6.07, 6.45) is 3.03. The number of imidazole rings is 1. The quantitative estimate of drug-likeness (QED) is 0.697. The third kappa shape index (κ3) is 2.57. The van der Waals surface area contributed by atoms with Crippen molar-refractivity contribution in [2.24, 2.45) is 0 Å². The highest BCUT2D eigenvalue weighted by atomic mass is 16.2. The number of carbonyl (C=O) groups is 1. The molecular weight excluding hydrogens is 192 g/mol. The molecule has 0 unspecified atom stereocenters. The van der Waals surface area contributed by atoms with E-state index >= 15 is 0 Å². The highest BCUT2D eigenvalue weighted by molar-refractivity contribution is 5.98. The Hall–Kier alpha value is -2.30. The van der Waals surface area contributed by atoms with E-state index in [0.29, 0.717) is 5.82 Å². The van der Waals surface area contributed by atoms with Gasteiger partial charge in [0.05, 0.1) is 12.5 Å². The van der Waals surface area contributed by atoms with Crippen LogP contribution in [0.25, 0.3) is 0 Å². The molecule has 1 heterocycles. The Morgan fingerprint density at radius 3 is 2.67 bits per heavy atom. The van der Waals surface area contributed by atoms with Crippen molar-refractivity contribution in [2.45, 2.75) is 0 Å². The van der Waals surface area contributed by atoms with Crippen LogP contribution in [0.3, 0.4) is 0 Å². The Bertz CT molecular complexity index is 424. The summed E-state index contributed by atoms with van der Waals surface area (Å²) in [5.74, 6) is 0.559. The predicted octanol–water partition coefficient (Wildman–Crippen LogP) is 2.05. The normalized spacial score (nSPS) is 9.60. The molecule has 0 aliphatic carbocycles. The Kier molecular flexibility index (Phi) is 2.64. The Morgan fingerprint density at radius 1 is 1.20 bits per heavy atom. The number of amides is 2. The zero-order valence-electron chi connectivity index (χ0n) is 7.90.